The molecule has 1 saturated carbocycles. The van der Waals surface area contributed by atoms with Crippen LogP contribution < -0.4 is 5.73 Å². The van der Waals surface area contributed by atoms with Crippen molar-refractivity contribution < 1.29 is 8.78 Å². The van der Waals surface area contributed by atoms with Crippen LogP contribution in [0.4, 0.5) is 8.78 Å². The van der Waals surface area contributed by atoms with Gasteiger partial charge in [0.05, 0.1) is 5.54 Å². The first-order chi connectivity index (χ1) is 7.96. The van der Waals surface area contributed by atoms with Gasteiger partial charge in [-0.3, -0.25) is 0 Å². The molecule has 94 valence electrons. The number of benzene rings is 1. The average Bonchev–Trinajstić information content (AvgIpc) is 2.30. The molecule has 0 spiro atoms. The minimum absolute atomic E-state index is 0.0746. The van der Waals surface area contributed by atoms with E-state index in [2.05, 4.69) is 0 Å². The van der Waals surface area contributed by atoms with E-state index in [9.17, 15) is 8.78 Å². The van der Waals surface area contributed by atoms with Gasteiger partial charge in [-0.15, -0.1) is 0 Å². The van der Waals surface area contributed by atoms with Gasteiger partial charge < -0.3 is 5.73 Å². The molecule has 0 atom stereocenters. The molecule has 0 aromatic heterocycles. The zero-order chi connectivity index (χ0) is 12.5. The van der Waals surface area contributed by atoms with E-state index in [0.29, 0.717) is 17.9 Å². The molecular formula is C13H16ClF2N. The van der Waals surface area contributed by atoms with Gasteiger partial charge in [0.25, 0.3) is 5.92 Å². The highest BCUT2D eigenvalue weighted by Crippen LogP contribution is 2.45. The van der Waals surface area contributed by atoms with Crippen LogP contribution in [0.3, 0.4) is 0 Å². The van der Waals surface area contributed by atoms with Crippen molar-refractivity contribution in [3.05, 3.63) is 34.9 Å². The average molecular weight is 260 g/mol. The lowest BCUT2D eigenvalue weighted by molar-refractivity contribution is -0.0954. The van der Waals surface area contributed by atoms with Gasteiger partial charge in [-0.2, -0.15) is 8.78 Å². The summed E-state index contributed by atoms with van der Waals surface area (Å²) in [5.41, 5.74) is 4.43. The number of nitrogens with two attached hydrogens (primary N) is 1. The molecule has 0 aliphatic heterocycles. The summed E-state index contributed by atoms with van der Waals surface area (Å²) in [4.78, 5) is 0. The predicted molar refractivity (Wildman–Crippen MR) is 65.3 cm³/mol. The van der Waals surface area contributed by atoms with Crippen molar-refractivity contribution >= 4 is 11.6 Å². The topological polar surface area (TPSA) is 26.0 Å². The number of alkyl halides is 2. The smallest absolute Gasteiger partial charge is 0.290 e. The molecule has 2 rings (SSSR count). The summed E-state index contributed by atoms with van der Waals surface area (Å²) < 4.78 is 28.8. The highest BCUT2D eigenvalue weighted by molar-refractivity contribution is 6.30. The molecule has 4 heteroatoms. The van der Waals surface area contributed by atoms with Gasteiger partial charge in [-0.05, 0) is 25.0 Å². The molecule has 1 fully saturated rings. The summed E-state index contributed by atoms with van der Waals surface area (Å²) in [6.45, 7) is 0. The molecule has 2 N–H and O–H groups in total. The van der Waals surface area contributed by atoms with Crippen LogP contribution in [0, 0.1) is 0 Å². The third-order valence-corrected chi connectivity index (χ3v) is 3.79. The molecule has 0 radical (unpaired) electrons. The second kappa shape index (κ2) is 4.54. The van der Waals surface area contributed by atoms with Crippen molar-refractivity contribution in [3.63, 3.8) is 0 Å². The third kappa shape index (κ3) is 2.31. The van der Waals surface area contributed by atoms with Crippen molar-refractivity contribution in [2.75, 3.05) is 0 Å². The Morgan fingerprint density at radius 1 is 1.18 bits per heavy atom. The zero-order valence-electron chi connectivity index (χ0n) is 9.56. The minimum Gasteiger partial charge on any atom is -0.320 e. The third-order valence-electron chi connectivity index (χ3n) is 3.56. The summed E-state index contributed by atoms with van der Waals surface area (Å²) in [7, 11) is 0. The Kier molecular flexibility index (Phi) is 3.41. The number of hydrogen-bond donors (Lipinski definition) is 1. The first kappa shape index (κ1) is 12.8. The Morgan fingerprint density at radius 3 is 2.41 bits per heavy atom. The largest absolute Gasteiger partial charge is 0.320 e. The Bertz CT molecular complexity index is 400. The van der Waals surface area contributed by atoms with E-state index in [1.165, 1.54) is 18.2 Å². The Balaban J connectivity index is 2.34. The number of hydrogen-bond acceptors (Lipinski definition) is 1. The van der Waals surface area contributed by atoms with E-state index in [4.69, 9.17) is 17.3 Å². The molecule has 17 heavy (non-hydrogen) atoms. The summed E-state index contributed by atoms with van der Waals surface area (Å²) in [5.74, 6) is -3.02. The first-order valence-electron chi connectivity index (χ1n) is 5.88. The maximum Gasteiger partial charge on any atom is 0.290 e. The molecule has 0 amide bonds. The highest BCUT2D eigenvalue weighted by Gasteiger charge is 2.52. The predicted octanol–water partition coefficient (Wildman–Crippen LogP) is 4.09. The quantitative estimate of drug-likeness (QED) is 0.850. The highest BCUT2D eigenvalue weighted by atomic mass is 35.5. The molecule has 1 aliphatic carbocycles. The second-order valence-corrected chi connectivity index (χ2v) is 5.24. The van der Waals surface area contributed by atoms with E-state index in [1.54, 1.807) is 6.07 Å². The van der Waals surface area contributed by atoms with E-state index in [0.717, 1.165) is 19.3 Å². The van der Waals surface area contributed by atoms with Crippen LogP contribution in [0.2, 0.25) is 5.02 Å². The van der Waals surface area contributed by atoms with Crippen LogP contribution in [0.1, 0.15) is 37.7 Å². The van der Waals surface area contributed by atoms with Crippen LogP contribution >= 0.6 is 11.6 Å². The minimum atomic E-state index is -3.02. The van der Waals surface area contributed by atoms with Crippen molar-refractivity contribution in [1.29, 1.82) is 0 Å². The maximum absolute atomic E-state index is 14.4. The van der Waals surface area contributed by atoms with E-state index < -0.39 is 11.5 Å². The van der Waals surface area contributed by atoms with E-state index in [-0.39, 0.29) is 5.56 Å². The van der Waals surface area contributed by atoms with Crippen molar-refractivity contribution in [1.82, 2.24) is 0 Å². The van der Waals surface area contributed by atoms with Gasteiger partial charge in [-0.1, -0.05) is 43.0 Å². The molecule has 0 unspecified atom stereocenters. The van der Waals surface area contributed by atoms with Crippen molar-refractivity contribution in [3.8, 4) is 0 Å². The molecule has 0 saturated heterocycles. The van der Waals surface area contributed by atoms with Crippen LogP contribution in [0.5, 0.6) is 0 Å². The van der Waals surface area contributed by atoms with Crippen molar-refractivity contribution in [2.45, 2.75) is 43.6 Å². The lowest BCUT2D eigenvalue weighted by Crippen LogP contribution is -2.54. The molecule has 1 nitrogen and oxygen atoms in total. The Morgan fingerprint density at radius 2 is 1.82 bits per heavy atom. The lowest BCUT2D eigenvalue weighted by atomic mass is 9.75. The van der Waals surface area contributed by atoms with Gasteiger partial charge >= 0.3 is 0 Å². The van der Waals surface area contributed by atoms with Crippen LogP contribution in [-0.4, -0.2) is 5.54 Å². The number of halogens is 3. The van der Waals surface area contributed by atoms with Gasteiger partial charge in [-0.25, -0.2) is 0 Å². The fourth-order valence-electron chi connectivity index (χ4n) is 2.47. The van der Waals surface area contributed by atoms with Gasteiger partial charge in [0.2, 0.25) is 0 Å². The van der Waals surface area contributed by atoms with Crippen LogP contribution in [0.25, 0.3) is 0 Å². The molecule has 1 aliphatic rings. The fourth-order valence-corrected chi connectivity index (χ4v) is 2.66. The molecule has 0 heterocycles. The second-order valence-electron chi connectivity index (χ2n) is 4.80. The van der Waals surface area contributed by atoms with Gasteiger partial charge in [0, 0.05) is 10.6 Å². The fraction of sp³-hybridized carbons (Fsp3) is 0.538. The van der Waals surface area contributed by atoms with E-state index >= 15 is 0 Å². The van der Waals surface area contributed by atoms with Gasteiger partial charge in [0.15, 0.2) is 0 Å². The summed E-state index contributed by atoms with van der Waals surface area (Å²) in [6.07, 6.45) is 3.27. The molecule has 1 aromatic rings. The Hall–Kier alpha value is -0.670. The summed E-state index contributed by atoms with van der Waals surface area (Å²) >= 11 is 5.76. The zero-order valence-corrected chi connectivity index (χ0v) is 10.3. The van der Waals surface area contributed by atoms with E-state index in [1.807, 2.05) is 0 Å². The first-order valence-corrected chi connectivity index (χ1v) is 6.26. The summed E-state index contributed by atoms with van der Waals surface area (Å²) in [6, 6.07) is 5.84. The molecule has 0 bridgehead atoms. The maximum atomic E-state index is 14.4. The van der Waals surface area contributed by atoms with Crippen molar-refractivity contribution in [2.24, 2.45) is 5.73 Å². The standard InChI is InChI=1S/C13H16ClF2N/c14-11-6-4-5-10(9-11)13(15,16)12(17)7-2-1-3-8-12/h4-6,9H,1-3,7-8,17H2. The normalized spacial score (nSPS) is 20.2. The number of rotatable bonds is 2. The van der Waals surface area contributed by atoms with Crippen LogP contribution in [0.15, 0.2) is 24.3 Å². The van der Waals surface area contributed by atoms with Gasteiger partial charge in [0.1, 0.15) is 0 Å². The SMILES string of the molecule is NC1(C(F)(F)c2cccc(Cl)c2)CCCCC1. The molecular weight excluding hydrogens is 244 g/mol. The van der Waals surface area contributed by atoms with Crippen LogP contribution in [-0.2, 0) is 5.92 Å². The Labute approximate surface area is 105 Å². The lowest BCUT2D eigenvalue weighted by Gasteiger charge is -2.40. The molecule has 1 aromatic carbocycles. The monoisotopic (exact) mass is 259 g/mol. The summed E-state index contributed by atoms with van der Waals surface area (Å²) in [5, 5.41) is 0.321.